The number of aromatic nitrogens is 2. The van der Waals surface area contributed by atoms with Crippen LogP contribution in [0, 0.1) is 5.41 Å². The summed E-state index contributed by atoms with van der Waals surface area (Å²) in [6.45, 7) is 8.29. The molecule has 1 saturated carbocycles. The average molecular weight is 498 g/mol. The lowest BCUT2D eigenvalue weighted by Gasteiger charge is -2.36. The number of hydrogen-bond acceptors (Lipinski definition) is 5. The average Bonchev–Trinajstić information content (AvgIpc) is 3.19. The van der Waals surface area contributed by atoms with Crippen LogP contribution in [-0.4, -0.2) is 35.8 Å². The molecule has 8 nitrogen and oxygen atoms in total. The van der Waals surface area contributed by atoms with E-state index in [2.05, 4.69) is 34.2 Å². The molecule has 2 heterocycles. The second kappa shape index (κ2) is 9.99. The molecule has 2 aromatic heterocycles. The molecule has 1 atom stereocenters. The molecule has 0 radical (unpaired) electrons. The fourth-order valence-corrected chi connectivity index (χ4v) is 6.07. The fourth-order valence-electron chi connectivity index (χ4n) is 4.75. The van der Waals surface area contributed by atoms with Crippen LogP contribution in [0.3, 0.4) is 0 Å². The lowest BCUT2D eigenvalue weighted by atomic mass is 9.75. The van der Waals surface area contributed by atoms with Gasteiger partial charge >= 0.3 is 0 Å². The number of anilines is 1. The van der Waals surface area contributed by atoms with Gasteiger partial charge in [-0.15, -0.1) is 0 Å². The number of nitrogens with zero attached hydrogens (tertiary/aromatic N) is 2. The van der Waals surface area contributed by atoms with Crippen molar-refractivity contribution in [1.82, 2.24) is 19.4 Å². The lowest BCUT2D eigenvalue weighted by molar-refractivity contribution is 0.0950. The molecular weight excluding hydrogens is 462 g/mol. The van der Waals surface area contributed by atoms with Crippen molar-refractivity contribution in [3.05, 3.63) is 60.0 Å². The largest absolute Gasteiger partial charge is 0.382 e. The Hall–Kier alpha value is -2.91. The molecule has 0 aliphatic heterocycles. The summed E-state index contributed by atoms with van der Waals surface area (Å²) in [7, 11) is -3.77. The lowest BCUT2D eigenvalue weighted by Crippen LogP contribution is -2.33. The highest BCUT2D eigenvalue weighted by Gasteiger charge is 2.28. The van der Waals surface area contributed by atoms with Gasteiger partial charge in [-0.05, 0) is 68.9 Å². The molecule has 0 bridgehead atoms. The Morgan fingerprint density at radius 2 is 2.03 bits per heavy atom. The number of imidazole rings is 1. The van der Waals surface area contributed by atoms with Gasteiger partial charge in [-0.2, -0.15) is 0 Å². The number of carbonyl (C=O) groups is 1. The van der Waals surface area contributed by atoms with E-state index in [9.17, 15) is 13.2 Å². The minimum Gasteiger partial charge on any atom is -0.382 e. The summed E-state index contributed by atoms with van der Waals surface area (Å²) in [5.74, 6) is -0.351. The Morgan fingerprint density at radius 1 is 1.23 bits per heavy atom. The quantitative estimate of drug-likeness (QED) is 0.430. The number of amides is 1. The highest BCUT2D eigenvalue weighted by Crippen LogP contribution is 2.36. The van der Waals surface area contributed by atoms with Gasteiger partial charge in [-0.25, -0.2) is 18.1 Å². The molecule has 0 saturated heterocycles. The molecule has 0 unspecified atom stereocenters. The zero-order valence-electron chi connectivity index (χ0n) is 20.8. The van der Waals surface area contributed by atoms with Crippen molar-refractivity contribution in [3.8, 4) is 0 Å². The van der Waals surface area contributed by atoms with Crippen LogP contribution in [0.4, 0.5) is 5.69 Å². The molecule has 188 valence electrons. The number of sulfonamides is 1. The first-order chi connectivity index (χ1) is 16.5. The number of carbonyl (C=O) groups excluding carboxylic acids is 1. The smallest absolute Gasteiger partial charge is 0.251 e. The molecule has 1 aromatic carbocycles. The van der Waals surface area contributed by atoms with E-state index < -0.39 is 10.0 Å². The molecular formula is C26H35N5O3S. The Labute approximate surface area is 207 Å². The summed E-state index contributed by atoms with van der Waals surface area (Å²) >= 11 is 0. The molecule has 1 fully saturated rings. The molecule has 3 N–H and O–H groups in total. The van der Waals surface area contributed by atoms with Crippen LogP contribution in [-0.2, 0) is 16.6 Å². The summed E-state index contributed by atoms with van der Waals surface area (Å²) in [4.78, 5) is 17.7. The van der Waals surface area contributed by atoms with Crippen molar-refractivity contribution in [3.63, 3.8) is 0 Å². The van der Waals surface area contributed by atoms with Crippen molar-refractivity contribution in [2.45, 2.75) is 76.9 Å². The van der Waals surface area contributed by atoms with E-state index in [0.717, 1.165) is 30.6 Å². The Morgan fingerprint density at radius 3 is 2.74 bits per heavy atom. The summed E-state index contributed by atoms with van der Waals surface area (Å²) < 4.78 is 30.4. The van der Waals surface area contributed by atoms with E-state index in [4.69, 9.17) is 0 Å². The molecule has 35 heavy (non-hydrogen) atoms. The summed E-state index contributed by atoms with van der Waals surface area (Å²) in [6, 6.07) is 10.5. The van der Waals surface area contributed by atoms with Crippen LogP contribution in [0.2, 0.25) is 0 Å². The number of hydrogen-bond donors (Lipinski definition) is 3. The monoisotopic (exact) mass is 497 g/mol. The van der Waals surface area contributed by atoms with Crippen molar-refractivity contribution in [1.29, 1.82) is 0 Å². The molecule has 1 aliphatic carbocycles. The van der Waals surface area contributed by atoms with Gasteiger partial charge in [-0.1, -0.05) is 26.3 Å². The summed E-state index contributed by atoms with van der Waals surface area (Å²) in [5.41, 5.74) is 2.67. The zero-order valence-corrected chi connectivity index (χ0v) is 21.7. The predicted molar refractivity (Wildman–Crippen MR) is 138 cm³/mol. The second-order valence-electron chi connectivity index (χ2n) is 10.5. The maximum Gasteiger partial charge on any atom is 0.251 e. The van der Waals surface area contributed by atoms with Crippen LogP contribution < -0.4 is 15.4 Å². The number of fused-ring (bicyclic) bond motifs is 1. The molecule has 9 heteroatoms. The number of pyridine rings is 1. The third kappa shape index (κ3) is 6.41. The van der Waals surface area contributed by atoms with Gasteiger partial charge in [0.25, 0.3) is 5.91 Å². The topological polar surface area (TPSA) is 105 Å². The summed E-state index contributed by atoms with van der Waals surface area (Å²) in [6.07, 6.45) is 8.05. The van der Waals surface area contributed by atoms with Gasteiger partial charge in [0.15, 0.2) is 0 Å². The number of benzene rings is 1. The maximum absolute atomic E-state index is 13.1. The SMILES string of the molecule is CC(C)NS(=O)(=O)c1cc(N[C@H]2CCCC(C)(C)C2)cc(C(=O)NCc2cn3ccccc3n2)c1. The third-order valence-electron chi connectivity index (χ3n) is 6.29. The molecule has 1 amide bonds. The first-order valence-corrected chi connectivity index (χ1v) is 13.6. The van der Waals surface area contributed by atoms with Crippen LogP contribution in [0.25, 0.3) is 5.65 Å². The highest BCUT2D eigenvalue weighted by atomic mass is 32.2. The van der Waals surface area contributed by atoms with Gasteiger partial charge < -0.3 is 15.0 Å². The van der Waals surface area contributed by atoms with E-state index in [0.29, 0.717) is 5.69 Å². The van der Waals surface area contributed by atoms with Crippen LogP contribution in [0.1, 0.15) is 69.4 Å². The van der Waals surface area contributed by atoms with Crippen molar-refractivity contribution in [2.75, 3.05) is 5.32 Å². The number of nitrogens with one attached hydrogen (secondary N) is 3. The minimum absolute atomic E-state index is 0.0733. The number of rotatable bonds is 8. The summed E-state index contributed by atoms with van der Waals surface area (Å²) in [5, 5.41) is 6.38. The predicted octanol–water partition coefficient (Wildman–Crippen LogP) is 4.33. The minimum atomic E-state index is -3.77. The molecule has 4 rings (SSSR count). The van der Waals surface area contributed by atoms with Gasteiger partial charge in [0.2, 0.25) is 10.0 Å². The zero-order chi connectivity index (χ0) is 25.2. The van der Waals surface area contributed by atoms with E-state index >= 15 is 0 Å². The van der Waals surface area contributed by atoms with E-state index in [1.54, 1.807) is 26.0 Å². The highest BCUT2D eigenvalue weighted by molar-refractivity contribution is 7.89. The van der Waals surface area contributed by atoms with Gasteiger partial charge in [-0.3, -0.25) is 4.79 Å². The van der Waals surface area contributed by atoms with Crippen molar-refractivity contribution in [2.24, 2.45) is 5.41 Å². The van der Waals surface area contributed by atoms with Crippen molar-refractivity contribution < 1.29 is 13.2 Å². The van der Waals surface area contributed by atoms with Gasteiger partial charge in [0.05, 0.1) is 17.1 Å². The third-order valence-corrected chi connectivity index (χ3v) is 7.93. The van der Waals surface area contributed by atoms with E-state index in [1.165, 1.54) is 12.5 Å². The fraction of sp³-hybridized carbons (Fsp3) is 0.462. The van der Waals surface area contributed by atoms with Crippen molar-refractivity contribution >= 4 is 27.3 Å². The van der Waals surface area contributed by atoms with Gasteiger partial charge in [0.1, 0.15) is 5.65 Å². The Balaban J connectivity index is 1.58. The van der Waals surface area contributed by atoms with Crippen LogP contribution >= 0.6 is 0 Å². The molecule has 3 aromatic rings. The first kappa shape index (κ1) is 25.2. The van der Waals surface area contributed by atoms with E-state index in [-0.39, 0.29) is 40.4 Å². The van der Waals surface area contributed by atoms with Gasteiger partial charge in [0, 0.05) is 35.7 Å². The maximum atomic E-state index is 13.1. The van der Waals surface area contributed by atoms with Crippen LogP contribution in [0.5, 0.6) is 0 Å². The van der Waals surface area contributed by atoms with E-state index in [1.807, 2.05) is 35.0 Å². The second-order valence-corrected chi connectivity index (χ2v) is 12.2. The first-order valence-electron chi connectivity index (χ1n) is 12.2. The Kier molecular flexibility index (Phi) is 7.19. The standard InChI is InChI=1S/C26H35N5O3S/c1-18(2)30-35(33,34)23-13-19(12-21(14-23)28-20-8-7-10-26(3,4)15-20)25(32)27-16-22-17-31-11-6-5-9-24(31)29-22/h5-6,9,11-14,17-18,20,28,30H,7-8,10,15-16H2,1-4H3,(H,27,32)/t20-/m0/s1. The molecule has 0 spiro atoms. The Bertz CT molecular complexity index is 1280. The molecule has 1 aliphatic rings. The van der Waals surface area contributed by atoms with Crippen LogP contribution in [0.15, 0.2) is 53.7 Å². The normalized spacial score (nSPS) is 18.0.